The highest BCUT2D eigenvalue weighted by Gasteiger charge is 2.30. The first-order valence-corrected chi connectivity index (χ1v) is 5.75. The van der Waals surface area contributed by atoms with Gasteiger partial charge in [-0.25, -0.2) is 0 Å². The summed E-state index contributed by atoms with van der Waals surface area (Å²) in [5.74, 6) is -0.315. The Kier molecular flexibility index (Phi) is 5.19. The van der Waals surface area contributed by atoms with Crippen LogP contribution in [0.2, 0.25) is 0 Å². The van der Waals surface area contributed by atoms with Gasteiger partial charge < -0.3 is 4.74 Å². The summed E-state index contributed by atoms with van der Waals surface area (Å²) in [6.07, 6.45) is -3.18. The molecule has 0 aliphatic carbocycles. The van der Waals surface area contributed by atoms with Crippen LogP contribution in [-0.4, -0.2) is 12.6 Å². The number of alkyl halides is 3. The Bertz CT molecular complexity index is 399. The second-order valence-corrected chi connectivity index (χ2v) is 3.86. The van der Waals surface area contributed by atoms with E-state index in [1.54, 1.807) is 13.0 Å². The summed E-state index contributed by atoms with van der Waals surface area (Å²) in [5.41, 5.74) is -0.0785. The molecule has 1 aromatic rings. The molecule has 1 rings (SSSR count). The topological polar surface area (TPSA) is 26.3 Å². The first-order valence-electron chi connectivity index (χ1n) is 5.75. The summed E-state index contributed by atoms with van der Waals surface area (Å²) in [4.78, 5) is 11.1. The van der Waals surface area contributed by atoms with Gasteiger partial charge in [0.1, 0.15) is 0 Å². The van der Waals surface area contributed by atoms with Crippen molar-refractivity contribution in [2.45, 2.75) is 32.4 Å². The van der Waals surface area contributed by atoms with Gasteiger partial charge in [0.2, 0.25) is 0 Å². The van der Waals surface area contributed by atoms with Gasteiger partial charge in [0.25, 0.3) is 0 Å². The Morgan fingerprint density at radius 2 is 2.06 bits per heavy atom. The minimum absolute atomic E-state index is 0.226. The predicted molar refractivity (Wildman–Crippen MR) is 61.0 cm³/mol. The summed E-state index contributed by atoms with van der Waals surface area (Å²) in [6, 6.07) is 5.16. The molecule has 0 atom stereocenters. The van der Waals surface area contributed by atoms with Gasteiger partial charge in [0.05, 0.1) is 12.2 Å². The fourth-order valence-electron chi connectivity index (χ4n) is 1.57. The van der Waals surface area contributed by atoms with Crippen LogP contribution >= 0.6 is 0 Å². The highest BCUT2D eigenvalue weighted by atomic mass is 19.4. The van der Waals surface area contributed by atoms with Crippen LogP contribution in [0.3, 0.4) is 0 Å². The fourth-order valence-corrected chi connectivity index (χ4v) is 1.57. The molecule has 0 heterocycles. The van der Waals surface area contributed by atoms with E-state index in [2.05, 4.69) is 0 Å². The van der Waals surface area contributed by atoms with Crippen molar-refractivity contribution in [2.24, 2.45) is 0 Å². The van der Waals surface area contributed by atoms with Gasteiger partial charge in [0, 0.05) is 6.42 Å². The van der Waals surface area contributed by atoms with E-state index >= 15 is 0 Å². The lowest BCUT2D eigenvalue weighted by Crippen LogP contribution is -2.06. The average Bonchev–Trinajstić information content (AvgIpc) is 2.29. The molecule has 0 spiro atoms. The zero-order valence-electron chi connectivity index (χ0n) is 10.1. The molecule has 18 heavy (non-hydrogen) atoms. The molecule has 0 radical (unpaired) electrons. The Morgan fingerprint density at radius 1 is 1.33 bits per heavy atom. The maximum Gasteiger partial charge on any atom is 0.416 e. The van der Waals surface area contributed by atoms with E-state index < -0.39 is 11.7 Å². The number of benzene rings is 1. The van der Waals surface area contributed by atoms with Crippen LogP contribution in [0.5, 0.6) is 0 Å². The van der Waals surface area contributed by atoms with Crippen molar-refractivity contribution >= 4 is 5.97 Å². The highest BCUT2D eigenvalue weighted by molar-refractivity contribution is 5.69. The van der Waals surface area contributed by atoms with Crippen molar-refractivity contribution in [1.82, 2.24) is 0 Å². The molecule has 0 saturated heterocycles. The third-order valence-corrected chi connectivity index (χ3v) is 2.41. The first kappa shape index (κ1) is 14.5. The number of esters is 1. The lowest BCUT2D eigenvalue weighted by atomic mass is 10.1. The second-order valence-electron chi connectivity index (χ2n) is 3.86. The van der Waals surface area contributed by atoms with Crippen molar-refractivity contribution in [2.75, 3.05) is 6.61 Å². The Labute approximate surface area is 104 Å². The van der Waals surface area contributed by atoms with Gasteiger partial charge in [-0.2, -0.15) is 13.2 Å². The molecular weight excluding hydrogens is 245 g/mol. The van der Waals surface area contributed by atoms with E-state index in [4.69, 9.17) is 4.74 Å². The lowest BCUT2D eigenvalue weighted by molar-refractivity contribution is -0.143. The zero-order valence-corrected chi connectivity index (χ0v) is 10.1. The molecule has 0 aliphatic rings. The molecule has 0 bridgehead atoms. The van der Waals surface area contributed by atoms with E-state index in [1.165, 1.54) is 6.07 Å². The van der Waals surface area contributed by atoms with E-state index in [-0.39, 0.29) is 12.4 Å². The van der Waals surface area contributed by atoms with Gasteiger partial charge in [-0.15, -0.1) is 0 Å². The van der Waals surface area contributed by atoms with Gasteiger partial charge in [-0.1, -0.05) is 18.2 Å². The summed E-state index contributed by atoms with van der Waals surface area (Å²) in [5, 5.41) is 0. The van der Waals surface area contributed by atoms with Gasteiger partial charge in [-0.3, -0.25) is 4.79 Å². The standard InChI is InChI=1S/C13H15F3O2/c1-2-18-12(17)8-4-6-10-5-3-7-11(9-10)13(14,15)16/h3,5,7,9H,2,4,6,8H2,1H3. The molecule has 0 N–H and O–H groups in total. The largest absolute Gasteiger partial charge is 0.466 e. The number of hydrogen-bond acceptors (Lipinski definition) is 2. The number of rotatable bonds is 5. The van der Waals surface area contributed by atoms with Crippen LogP contribution in [0.25, 0.3) is 0 Å². The Balaban J connectivity index is 2.51. The van der Waals surface area contributed by atoms with E-state index in [9.17, 15) is 18.0 Å². The summed E-state index contributed by atoms with van der Waals surface area (Å²) < 4.78 is 42.1. The quantitative estimate of drug-likeness (QED) is 0.756. The Hall–Kier alpha value is -1.52. The minimum atomic E-state index is -4.32. The monoisotopic (exact) mass is 260 g/mol. The maximum atomic E-state index is 12.4. The van der Waals surface area contributed by atoms with Crippen molar-refractivity contribution < 1.29 is 22.7 Å². The smallest absolute Gasteiger partial charge is 0.416 e. The third kappa shape index (κ3) is 4.77. The minimum Gasteiger partial charge on any atom is -0.466 e. The van der Waals surface area contributed by atoms with Crippen LogP contribution in [0.1, 0.15) is 30.9 Å². The number of carbonyl (C=O) groups is 1. The zero-order chi connectivity index (χ0) is 13.6. The number of aryl methyl sites for hydroxylation is 1. The first-order chi connectivity index (χ1) is 8.43. The third-order valence-electron chi connectivity index (χ3n) is 2.41. The molecular formula is C13H15F3O2. The van der Waals surface area contributed by atoms with Crippen LogP contribution in [0, 0.1) is 0 Å². The Morgan fingerprint density at radius 3 is 2.67 bits per heavy atom. The molecule has 0 fully saturated rings. The molecule has 0 aliphatic heterocycles. The number of halogens is 3. The SMILES string of the molecule is CCOC(=O)CCCc1cccc(C(F)(F)F)c1. The van der Waals surface area contributed by atoms with Crippen LogP contribution < -0.4 is 0 Å². The predicted octanol–water partition coefficient (Wildman–Crippen LogP) is 3.59. The normalized spacial score (nSPS) is 11.3. The summed E-state index contributed by atoms with van der Waals surface area (Å²) in [7, 11) is 0. The van der Waals surface area contributed by atoms with Crippen LogP contribution in [0.4, 0.5) is 13.2 Å². The molecule has 0 saturated carbocycles. The second kappa shape index (κ2) is 6.42. The summed E-state index contributed by atoms with van der Waals surface area (Å²) >= 11 is 0. The number of hydrogen-bond donors (Lipinski definition) is 0. The van der Waals surface area contributed by atoms with Crippen molar-refractivity contribution in [1.29, 1.82) is 0 Å². The van der Waals surface area contributed by atoms with Gasteiger partial charge >= 0.3 is 12.1 Å². The summed E-state index contributed by atoms with van der Waals surface area (Å²) in [6.45, 7) is 2.03. The van der Waals surface area contributed by atoms with E-state index in [1.807, 2.05) is 0 Å². The molecule has 100 valence electrons. The highest BCUT2D eigenvalue weighted by Crippen LogP contribution is 2.29. The van der Waals surface area contributed by atoms with E-state index in [0.717, 1.165) is 12.1 Å². The van der Waals surface area contributed by atoms with Crippen molar-refractivity contribution in [3.05, 3.63) is 35.4 Å². The molecule has 5 heteroatoms. The van der Waals surface area contributed by atoms with Crippen molar-refractivity contribution in [3.63, 3.8) is 0 Å². The van der Waals surface area contributed by atoms with Crippen LogP contribution in [0.15, 0.2) is 24.3 Å². The van der Waals surface area contributed by atoms with Crippen molar-refractivity contribution in [3.8, 4) is 0 Å². The number of ether oxygens (including phenoxy) is 1. The lowest BCUT2D eigenvalue weighted by Gasteiger charge is -2.08. The molecule has 2 nitrogen and oxygen atoms in total. The maximum absolute atomic E-state index is 12.4. The average molecular weight is 260 g/mol. The number of carbonyl (C=O) groups excluding carboxylic acids is 1. The molecule has 0 unspecified atom stereocenters. The molecule has 0 aromatic heterocycles. The fraction of sp³-hybridized carbons (Fsp3) is 0.462. The molecule has 0 amide bonds. The van der Waals surface area contributed by atoms with E-state index in [0.29, 0.717) is 25.0 Å². The van der Waals surface area contributed by atoms with Gasteiger partial charge in [0.15, 0.2) is 0 Å². The van der Waals surface area contributed by atoms with Crippen LogP contribution in [-0.2, 0) is 22.1 Å². The molecule has 1 aromatic carbocycles. The van der Waals surface area contributed by atoms with Gasteiger partial charge in [-0.05, 0) is 31.4 Å².